The Bertz CT molecular complexity index is 365. The van der Waals surface area contributed by atoms with E-state index in [1.165, 1.54) is 24.1 Å². The van der Waals surface area contributed by atoms with Crippen LogP contribution in [0, 0.1) is 0 Å². The van der Waals surface area contributed by atoms with E-state index in [0.717, 1.165) is 16.6 Å². The first-order chi connectivity index (χ1) is 7.24. The van der Waals surface area contributed by atoms with Gasteiger partial charge in [-0.2, -0.15) is 0 Å². The van der Waals surface area contributed by atoms with Gasteiger partial charge in [0.2, 0.25) is 0 Å². The molecule has 2 rings (SSSR count). The molecule has 3 heteroatoms. The van der Waals surface area contributed by atoms with Crippen LogP contribution in [0.2, 0.25) is 0 Å². The lowest BCUT2D eigenvalue weighted by Gasteiger charge is -2.26. The quantitative estimate of drug-likeness (QED) is 0.886. The first-order valence-electron chi connectivity index (χ1n) is 5.37. The average molecular weight is 270 g/mol. The monoisotopic (exact) mass is 269 g/mol. The summed E-state index contributed by atoms with van der Waals surface area (Å²) in [5, 5.41) is 3.55. The largest absolute Gasteiger partial charge is 0.496 e. The lowest BCUT2D eigenvalue weighted by atomic mass is 9.96. The van der Waals surface area contributed by atoms with E-state index in [0.29, 0.717) is 6.04 Å². The highest BCUT2D eigenvalue weighted by Gasteiger charge is 2.17. The Morgan fingerprint density at radius 2 is 2.33 bits per heavy atom. The number of halogens is 1. The van der Waals surface area contributed by atoms with Crippen molar-refractivity contribution in [1.82, 2.24) is 0 Å². The molecule has 0 aromatic heterocycles. The summed E-state index contributed by atoms with van der Waals surface area (Å²) in [6.07, 6.45) is 3.54. The van der Waals surface area contributed by atoms with Crippen LogP contribution in [0.15, 0.2) is 16.6 Å². The maximum absolute atomic E-state index is 5.29. The number of nitrogens with one attached hydrogen (secondary N) is 1. The van der Waals surface area contributed by atoms with Gasteiger partial charge in [0.05, 0.1) is 11.6 Å². The second-order valence-electron chi connectivity index (χ2n) is 3.93. The van der Waals surface area contributed by atoms with Gasteiger partial charge in [-0.15, -0.1) is 0 Å². The van der Waals surface area contributed by atoms with E-state index in [4.69, 9.17) is 4.74 Å². The normalized spacial score (nSPS) is 19.3. The van der Waals surface area contributed by atoms with Crippen LogP contribution in [0.5, 0.6) is 5.75 Å². The zero-order valence-corrected chi connectivity index (χ0v) is 10.7. The summed E-state index contributed by atoms with van der Waals surface area (Å²) in [6.45, 7) is 2.22. The summed E-state index contributed by atoms with van der Waals surface area (Å²) in [7, 11) is 1.71. The molecule has 82 valence electrons. The van der Waals surface area contributed by atoms with E-state index in [2.05, 4.69) is 40.3 Å². The molecule has 15 heavy (non-hydrogen) atoms. The zero-order chi connectivity index (χ0) is 10.8. The van der Waals surface area contributed by atoms with Crippen LogP contribution in [0.4, 0.5) is 5.69 Å². The van der Waals surface area contributed by atoms with Gasteiger partial charge < -0.3 is 10.1 Å². The van der Waals surface area contributed by atoms with Crippen LogP contribution >= 0.6 is 15.9 Å². The molecule has 0 radical (unpaired) electrons. The van der Waals surface area contributed by atoms with Gasteiger partial charge in [-0.05, 0) is 52.9 Å². The average Bonchev–Trinajstić information content (AvgIpc) is 2.27. The standard InChI is InChI=1S/C12H16BrNO/c1-3-9-5-4-8-6-12(15-2)10(13)7-11(8)14-9/h6-7,9,14H,3-5H2,1-2H3. The van der Waals surface area contributed by atoms with Crippen molar-refractivity contribution in [2.75, 3.05) is 12.4 Å². The van der Waals surface area contributed by atoms with E-state index in [1.807, 2.05) is 0 Å². The van der Waals surface area contributed by atoms with Crippen LogP contribution in [0.25, 0.3) is 0 Å². The SMILES string of the molecule is CCC1CCc2cc(OC)c(Br)cc2N1. The molecule has 1 aromatic carbocycles. The van der Waals surface area contributed by atoms with Gasteiger partial charge in [-0.3, -0.25) is 0 Å². The van der Waals surface area contributed by atoms with E-state index in [-0.39, 0.29) is 0 Å². The third-order valence-corrected chi connectivity index (χ3v) is 3.61. The molecular weight excluding hydrogens is 254 g/mol. The summed E-state index contributed by atoms with van der Waals surface area (Å²) in [4.78, 5) is 0. The first-order valence-corrected chi connectivity index (χ1v) is 6.16. The number of hydrogen-bond acceptors (Lipinski definition) is 2. The fraction of sp³-hybridized carbons (Fsp3) is 0.500. The van der Waals surface area contributed by atoms with Gasteiger partial charge in [-0.25, -0.2) is 0 Å². The lowest BCUT2D eigenvalue weighted by Crippen LogP contribution is -2.24. The Morgan fingerprint density at radius 1 is 1.53 bits per heavy atom. The van der Waals surface area contributed by atoms with Crippen LogP contribution < -0.4 is 10.1 Å². The van der Waals surface area contributed by atoms with Crippen LogP contribution in [-0.4, -0.2) is 13.2 Å². The van der Waals surface area contributed by atoms with E-state index >= 15 is 0 Å². The molecule has 1 aliphatic rings. The Balaban J connectivity index is 2.32. The molecule has 1 atom stereocenters. The smallest absolute Gasteiger partial charge is 0.133 e. The second-order valence-corrected chi connectivity index (χ2v) is 4.79. The number of rotatable bonds is 2. The van der Waals surface area contributed by atoms with E-state index < -0.39 is 0 Å². The van der Waals surface area contributed by atoms with Gasteiger partial charge in [0, 0.05) is 11.7 Å². The van der Waals surface area contributed by atoms with Crippen molar-refractivity contribution in [3.05, 3.63) is 22.2 Å². The molecule has 0 spiro atoms. The van der Waals surface area contributed by atoms with Gasteiger partial charge in [0.1, 0.15) is 5.75 Å². The van der Waals surface area contributed by atoms with Crippen molar-refractivity contribution >= 4 is 21.6 Å². The van der Waals surface area contributed by atoms with Crippen molar-refractivity contribution in [2.24, 2.45) is 0 Å². The molecule has 0 saturated carbocycles. The molecule has 1 heterocycles. The van der Waals surface area contributed by atoms with Gasteiger partial charge in [-0.1, -0.05) is 6.92 Å². The minimum atomic E-state index is 0.623. The van der Waals surface area contributed by atoms with Crippen molar-refractivity contribution in [1.29, 1.82) is 0 Å². The number of ether oxygens (including phenoxy) is 1. The fourth-order valence-corrected chi connectivity index (χ4v) is 2.53. The highest BCUT2D eigenvalue weighted by Crippen LogP contribution is 2.35. The maximum atomic E-state index is 5.29. The molecule has 1 aromatic rings. The summed E-state index contributed by atoms with van der Waals surface area (Å²) < 4.78 is 6.31. The molecule has 1 unspecified atom stereocenters. The molecule has 1 aliphatic heterocycles. The summed E-state index contributed by atoms with van der Waals surface area (Å²) in [6, 6.07) is 4.87. The van der Waals surface area contributed by atoms with Crippen molar-refractivity contribution in [2.45, 2.75) is 32.2 Å². The van der Waals surface area contributed by atoms with Crippen LogP contribution in [0.1, 0.15) is 25.3 Å². The van der Waals surface area contributed by atoms with Crippen molar-refractivity contribution in [3.8, 4) is 5.75 Å². The third kappa shape index (κ3) is 2.12. The van der Waals surface area contributed by atoms with E-state index in [9.17, 15) is 0 Å². The predicted octanol–water partition coefficient (Wildman–Crippen LogP) is 3.59. The minimum Gasteiger partial charge on any atom is -0.496 e. The van der Waals surface area contributed by atoms with Crippen molar-refractivity contribution < 1.29 is 4.74 Å². The first kappa shape index (κ1) is 10.8. The number of benzene rings is 1. The third-order valence-electron chi connectivity index (χ3n) is 2.99. The molecule has 0 saturated heterocycles. The van der Waals surface area contributed by atoms with Crippen molar-refractivity contribution in [3.63, 3.8) is 0 Å². The molecule has 2 nitrogen and oxygen atoms in total. The number of fused-ring (bicyclic) bond motifs is 1. The van der Waals surface area contributed by atoms with Gasteiger partial charge in [0.15, 0.2) is 0 Å². The molecule has 0 amide bonds. The minimum absolute atomic E-state index is 0.623. The molecule has 1 N–H and O–H groups in total. The molecule has 0 fully saturated rings. The number of hydrogen-bond donors (Lipinski definition) is 1. The lowest BCUT2D eigenvalue weighted by molar-refractivity contribution is 0.411. The Labute approximate surface area is 99.1 Å². The number of aryl methyl sites for hydroxylation is 1. The van der Waals surface area contributed by atoms with Gasteiger partial charge in [0.25, 0.3) is 0 Å². The maximum Gasteiger partial charge on any atom is 0.133 e. The highest BCUT2D eigenvalue weighted by molar-refractivity contribution is 9.10. The summed E-state index contributed by atoms with van der Waals surface area (Å²) >= 11 is 3.51. The van der Waals surface area contributed by atoms with Crippen LogP contribution in [-0.2, 0) is 6.42 Å². The Hall–Kier alpha value is -0.700. The Morgan fingerprint density at radius 3 is 3.00 bits per heavy atom. The summed E-state index contributed by atoms with van der Waals surface area (Å²) in [5.74, 6) is 0.922. The van der Waals surface area contributed by atoms with E-state index in [1.54, 1.807) is 7.11 Å². The summed E-state index contributed by atoms with van der Waals surface area (Å²) in [5.41, 5.74) is 2.61. The predicted molar refractivity (Wildman–Crippen MR) is 66.7 cm³/mol. The van der Waals surface area contributed by atoms with Crippen LogP contribution in [0.3, 0.4) is 0 Å². The number of methoxy groups -OCH3 is 1. The number of anilines is 1. The highest BCUT2D eigenvalue weighted by atomic mass is 79.9. The Kier molecular flexibility index (Phi) is 3.19. The molecular formula is C12H16BrNO. The second kappa shape index (κ2) is 4.44. The van der Waals surface area contributed by atoms with Gasteiger partial charge >= 0.3 is 0 Å². The zero-order valence-electron chi connectivity index (χ0n) is 9.14. The molecule has 0 aliphatic carbocycles. The molecule has 0 bridgehead atoms. The fourth-order valence-electron chi connectivity index (χ4n) is 2.02. The topological polar surface area (TPSA) is 21.3 Å².